The molecule has 164 valence electrons. The average molecular weight is 493 g/mol. The fourth-order valence-electron chi connectivity index (χ4n) is 2.83. The first kappa shape index (κ1) is 24.8. The van der Waals surface area contributed by atoms with Crippen molar-refractivity contribution >= 4 is 56.6 Å². The molecular formula is C20H23Cl2FN2O3S2. The minimum atomic E-state index is -3.75. The molecule has 0 unspecified atom stereocenters. The van der Waals surface area contributed by atoms with Gasteiger partial charge in [0.1, 0.15) is 11.9 Å². The Morgan fingerprint density at radius 2 is 1.87 bits per heavy atom. The number of amides is 1. The maximum Gasteiger partial charge on any atom is 0.243 e. The number of hydrogen-bond donors (Lipinski definition) is 1. The van der Waals surface area contributed by atoms with Crippen molar-refractivity contribution in [2.75, 3.05) is 22.9 Å². The van der Waals surface area contributed by atoms with E-state index in [-0.39, 0.29) is 12.1 Å². The van der Waals surface area contributed by atoms with Crippen LogP contribution in [0, 0.1) is 5.82 Å². The minimum Gasteiger partial charge on any atom is -0.353 e. The summed E-state index contributed by atoms with van der Waals surface area (Å²) in [6.45, 7) is 2.09. The fourth-order valence-corrected chi connectivity index (χ4v) is 5.46. The lowest BCUT2D eigenvalue weighted by Gasteiger charge is -2.30. The van der Waals surface area contributed by atoms with E-state index in [2.05, 4.69) is 5.32 Å². The van der Waals surface area contributed by atoms with Crippen molar-refractivity contribution in [2.24, 2.45) is 0 Å². The molecule has 2 aromatic carbocycles. The molecule has 2 rings (SSSR count). The van der Waals surface area contributed by atoms with Gasteiger partial charge in [0.25, 0.3) is 0 Å². The van der Waals surface area contributed by atoms with Crippen molar-refractivity contribution in [1.29, 1.82) is 0 Å². The third-order valence-electron chi connectivity index (χ3n) is 4.23. The van der Waals surface area contributed by atoms with Crippen LogP contribution in [-0.4, -0.2) is 38.9 Å². The lowest BCUT2D eigenvalue weighted by Crippen LogP contribution is -2.49. The Morgan fingerprint density at radius 1 is 1.20 bits per heavy atom. The predicted octanol–water partition coefficient (Wildman–Crippen LogP) is 4.73. The van der Waals surface area contributed by atoms with E-state index in [0.717, 1.165) is 28.3 Å². The molecule has 1 atom stereocenters. The Kier molecular flexibility index (Phi) is 9.28. The van der Waals surface area contributed by atoms with E-state index in [1.165, 1.54) is 12.1 Å². The maximum absolute atomic E-state index is 13.2. The van der Waals surface area contributed by atoms with Crippen LogP contribution in [-0.2, 0) is 20.6 Å². The summed E-state index contributed by atoms with van der Waals surface area (Å²) in [6, 6.07) is 9.40. The lowest BCUT2D eigenvalue weighted by atomic mass is 10.2. The lowest BCUT2D eigenvalue weighted by molar-refractivity contribution is -0.122. The molecular weight excluding hydrogens is 470 g/mol. The number of rotatable bonds is 10. The standard InChI is InChI=1S/C20H23Cl2FN2O3S2/c1-3-19(25(30(2,27)28)17-8-6-16(23)7-9-17)20(26)24-10-11-29-13-14-4-5-15(21)12-18(14)22/h4-9,12,19H,3,10-11,13H2,1-2H3,(H,24,26)/t19-/m1/s1. The third kappa shape index (κ3) is 7.04. The zero-order valence-corrected chi connectivity index (χ0v) is 19.7. The molecule has 0 saturated carbocycles. The molecule has 30 heavy (non-hydrogen) atoms. The Balaban J connectivity index is 1.96. The van der Waals surface area contributed by atoms with Gasteiger partial charge in [-0.15, -0.1) is 0 Å². The van der Waals surface area contributed by atoms with Gasteiger partial charge in [-0.3, -0.25) is 9.10 Å². The van der Waals surface area contributed by atoms with Gasteiger partial charge in [-0.2, -0.15) is 11.8 Å². The molecule has 0 fully saturated rings. The van der Waals surface area contributed by atoms with Crippen LogP contribution in [0.25, 0.3) is 0 Å². The summed E-state index contributed by atoms with van der Waals surface area (Å²) in [4.78, 5) is 12.7. The van der Waals surface area contributed by atoms with Crippen LogP contribution in [0.1, 0.15) is 18.9 Å². The molecule has 2 aromatic rings. The van der Waals surface area contributed by atoms with Crippen molar-refractivity contribution in [2.45, 2.75) is 25.1 Å². The molecule has 0 spiro atoms. The summed E-state index contributed by atoms with van der Waals surface area (Å²) in [5, 5.41) is 3.95. The van der Waals surface area contributed by atoms with E-state index in [0.29, 0.717) is 28.1 Å². The molecule has 0 aliphatic rings. The molecule has 5 nitrogen and oxygen atoms in total. The molecule has 0 aromatic heterocycles. The number of thioether (sulfide) groups is 1. The fraction of sp³-hybridized carbons (Fsp3) is 0.350. The molecule has 1 N–H and O–H groups in total. The van der Waals surface area contributed by atoms with Crippen LogP contribution >= 0.6 is 35.0 Å². The monoisotopic (exact) mass is 492 g/mol. The van der Waals surface area contributed by atoms with Crippen molar-refractivity contribution in [3.63, 3.8) is 0 Å². The van der Waals surface area contributed by atoms with Crippen LogP contribution in [0.5, 0.6) is 0 Å². The number of nitrogens with zero attached hydrogens (tertiary/aromatic N) is 1. The predicted molar refractivity (Wildman–Crippen MR) is 123 cm³/mol. The Hall–Kier alpha value is -1.48. The zero-order chi connectivity index (χ0) is 22.3. The van der Waals surface area contributed by atoms with E-state index >= 15 is 0 Å². The summed E-state index contributed by atoms with van der Waals surface area (Å²) < 4.78 is 38.9. The van der Waals surface area contributed by atoms with Gasteiger partial charge in [0.2, 0.25) is 15.9 Å². The number of carbonyl (C=O) groups is 1. The van der Waals surface area contributed by atoms with Crippen LogP contribution < -0.4 is 9.62 Å². The summed E-state index contributed by atoms with van der Waals surface area (Å²) in [5.74, 6) is 0.393. The molecule has 0 bridgehead atoms. The second-order valence-corrected chi connectivity index (χ2v) is 10.3. The zero-order valence-electron chi connectivity index (χ0n) is 16.6. The highest BCUT2D eigenvalue weighted by atomic mass is 35.5. The molecule has 0 aliphatic carbocycles. The van der Waals surface area contributed by atoms with Crippen LogP contribution in [0.4, 0.5) is 10.1 Å². The molecule has 0 heterocycles. The van der Waals surface area contributed by atoms with Crippen LogP contribution in [0.3, 0.4) is 0 Å². The third-order valence-corrected chi connectivity index (χ3v) is 7.00. The number of hydrogen-bond acceptors (Lipinski definition) is 4. The second kappa shape index (κ2) is 11.2. The largest absolute Gasteiger partial charge is 0.353 e. The molecule has 10 heteroatoms. The average Bonchev–Trinajstić information content (AvgIpc) is 2.67. The van der Waals surface area contributed by atoms with Crippen molar-refractivity contribution in [3.8, 4) is 0 Å². The van der Waals surface area contributed by atoms with Gasteiger partial charge in [0.05, 0.1) is 11.9 Å². The normalized spacial score (nSPS) is 12.4. The number of benzene rings is 2. The number of carbonyl (C=O) groups excluding carboxylic acids is 1. The molecule has 0 radical (unpaired) electrons. The summed E-state index contributed by atoms with van der Waals surface area (Å²) >= 11 is 13.6. The first-order valence-corrected chi connectivity index (χ1v) is 12.9. The van der Waals surface area contributed by atoms with Gasteiger partial charge in [-0.05, 0) is 48.4 Å². The van der Waals surface area contributed by atoms with Crippen molar-refractivity contribution in [3.05, 3.63) is 63.9 Å². The SMILES string of the molecule is CC[C@H](C(=O)NCCSCc1ccc(Cl)cc1Cl)N(c1ccc(F)cc1)S(C)(=O)=O. The Morgan fingerprint density at radius 3 is 2.43 bits per heavy atom. The van der Waals surface area contributed by atoms with E-state index in [4.69, 9.17) is 23.2 Å². The highest BCUT2D eigenvalue weighted by Gasteiger charge is 2.31. The molecule has 0 saturated heterocycles. The minimum absolute atomic E-state index is 0.243. The van der Waals surface area contributed by atoms with Gasteiger partial charge in [0, 0.05) is 28.1 Å². The Labute approximate surface area is 191 Å². The van der Waals surface area contributed by atoms with Crippen LogP contribution in [0.2, 0.25) is 10.0 Å². The van der Waals surface area contributed by atoms with Gasteiger partial charge < -0.3 is 5.32 Å². The molecule has 1 amide bonds. The number of nitrogens with one attached hydrogen (secondary N) is 1. The quantitative estimate of drug-likeness (QED) is 0.487. The van der Waals surface area contributed by atoms with E-state index in [9.17, 15) is 17.6 Å². The summed E-state index contributed by atoms with van der Waals surface area (Å²) in [7, 11) is -3.75. The van der Waals surface area contributed by atoms with Crippen molar-refractivity contribution in [1.82, 2.24) is 5.32 Å². The number of anilines is 1. The summed E-state index contributed by atoms with van der Waals surface area (Å²) in [5.41, 5.74) is 1.19. The highest BCUT2D eigenvalue weighted by molar-refractivity contribution is 7.98. The van der Waals surface area contributed by atoms with Gasteiger partial charge in [0.15, 0.2) is 0 Å². The Bertz CT molecular complexity index is 973. The number of halogens is 3. The smallest absolute Gasteiger partial charge is 0.243 e. The highest BCUT2D eigenvalue weighted by Crippen LogP contribution is 2.25. The van der Waals surface area contributed by atoms with E-state index in [1.807, 2.05) is 6.07 Å². The first-order valence-electron chi connectivity index (χ1n) is 9.17. The maximum atomic E-state index is 13.2. The second-order valence-electron chi connectivity index (χ2n) is 6.54. The van der Waals surface area contributed by atoms with Crippen LogP contribution in [0.15, 0.2) is 42.5 Å². The summed E-state index contributed by atoms with van der Waals surface area (Å²) in [6.07, 6.45) is 1.29. The number of sulfonamides is 1. The van der Waals surface area contributed by atoms with E-state index in [1.54, 1.807) is 30.8 Å². The van der Waals surface area contributed by atoms with Gasteiger partial charge in [-0.1, -0.05) is 36.2 Å². The van der Waals surface area contributed by atoms with E-state index < -0.39 is 27.8 Å². The van der Waals surface area contributed by atoms with Crippen molar-refractivity contribution < 1.29 is 17.6 Å². The first-order chi connectivity index (χ1) is 14.1. The van der Waals surface area contributed by atoms with Gasteiger partial charge >= 0.3 is 0 Å². The topological polar surface area (TPSA) is 66.5 Å². The van der Waals surface area contributed by atoms with Gasteiger partial charge in [-0.25, -0.2) is 12.8 Å². The molecule has 0 aliphatic heterocycles.